The highest BCUT2D eigenvalue weighted by atomic mass is 16.2. The summed E-state index contributed by atoms with van der Waals surface area (Å²) in [4.78, 5) is 28.4. The van der Waals surface area contributed by atoms with Crippen LogP contribution in [0.5, 0.6) is 0 Å². The standard InChI is InChI=1S/C19H33N3O2/c23-18-11-10-17(22(18)16-8-3-4-9-16)19(24)20-12-7-15-21-13-5-1-2-6-14-21/h16-17H,1-15H2,(H,20,24)/p+1. The maximum absolute atomic E-state index is 12.6. The van der Waals surface area contributed by atoms with E-state index in [1.807, 2.05) is 4.90 Å². The molecule has 0 aromatic carbocycles. The molecule has 0 radical (unpaired) electrons. The van der Waals surface area contributed by atoms with Crippen molar-refractivity contribution < 1.29 is 14.5 Å². The van der Waals surface area contributed by atoms with E-state index in [4.69, 9.17) is 0 Å². The quantitative estimate of drug-likeness (QED) is 0.708. The van der Waals surface area contributed by atoms with Crippen molar-refractivity contribution in [2.24, 2.45) is 0 Å². The lowest BCUT2D eigenvalue weighted by Gasteiger charge is -2.30. The first-order chi connectivity index (χ1) is 11.8. The van der Waals surface area contributed by atoms with Gasteiger partial charge in [-0.15, -0.1) is 0 Å². The Kier molecular flexibility index (Phi) is 6.52. The number of likely N-dealkylation sites (tertiary alicyclic amines) is 2. The second-order valence-electron chi connectivity index (χ2n) is 7.85. The Labute approximate surface area is 146 Å². The molecule has 5 heteroatoms. The van der Waals surface area contributed by atoms with Crippen molar-refractivity contribution in [1.82, 2.24) is 10.2 Å². The van der Waals surface area contributed by atoms with Crippen LogP contribution in [-0.2, 0) is 9.59 Å². The molecule has 3 fully saturated rings. The molecule has 3 rings (SSSR count). The molecule has 2 saturated heterocycles. The van der Waals surface area contributed by atoms with Crippen molar-refractivity contribution in [1.29, 1.82) is 0 Å². The summed E-state index contributed by atoms with van der Waals surface area (Å²) < 4.78 is 0. The molecule has 0 spiro atoms. The van der Waals surface area contributed by atoms with Gasteiger partial charge in [-0.3, -0.25) is 9.59 Å². The summed E-state index contributed by atoms with van der Waals surface area (Å²) >= 11 is 0. The summed E-state index contributed by atoms with van der Waals surface area (Å²) in [6.45, 7) is 4.50. The van der Waals surface area contributed by atoms with Crippen molar-refractivity contribution >= 4 is 11.8 Å². The Balaban J connectivity index is 1.40. The molecule has 1 aliphatic carbocycles. The first-order valence-electron chi connectivity index (χ1n) is 10.2. The van der Waals surface area contributed by atoms with Crippen LogP contribution in [0.1, 0.15) is 70.6 Å². The smallest absolute Gasteiger partial charge is 0.242 e. The molecule has 24 heavy (non-hydrogen) atoms. The van der Waals surface area contributed by atoms with Crippen molar-refractivity contribution in [3.8, 4) is 0 Å². The Bertz CT molecular complexity index is 426. The maximum atomic E-state index is 12.6. The van der Waals surface area contributed by atoms with Gasteiger partial charge in [-0.05, 0) is 44.9 Å². The molecule has 2 N–H and O–H groups in total. The van der Waals surface area contributed by atoms with Gasteiger partial charge in [-0.1, -0.05) is 12.8 Å². The number of hydrogen-bond donors (Lipinski definition) is 2. The van der Waals surface area contributed by atoms with Gasteiger partial charge in [0.1, 0.15) is 6.04 Å². The topological polar surface area (TPSA) is 53.9 Å². The van der Waals surface area contributed by atoms with E-state index in [0.717, 1.165) is 32.4 Å². The van der Waals surface area contributed by atoms with Crippen LogP contribution < -0.4 is 10.2 Å². The molecular formula is C19H34N3O2+. The van der Waals surface area contributed by atoms with Crippen LogP contribution in [0.15, 0.2) is 0 Å². The fourth-order valence-corrected chi connectivity index (χ4v) is 4.75. The fraction of sp³-hybridized carbons (Fsp3) is 0.895. The highest BCUT2D eigenvalue weighted by Gasteiger charge is 2.40. The van der Waals surface area contributed by atoms with Crippen LogP contribution in [0.3, 0.4) is 0 Å². The molecular weight excluding hydrogens is 302 g/mol. The molecule has 0 aromatic rings. The van der Waals surface area contributed by atoms with Gasteiger partial charge in [0.05, 0.1) is 19.6 Å². The Morgan fingerprint density at radius 3 is 2.46 bits per heavy atom. The number of nitrogens with one attached hydrogen (secondary N) is 2. The van der Waals surface area contributed by atoms with Crippen LogP contribution in [0.4, 0.5) is 0 Å². The lowest BCUT2D eigenvalue weighted by molar-refractivity contribution is -0.899. The van der Waals surface area contributed by atoms with Crippen LogP contribution in [0.2, 0.25) is 0 Å². The molecule has 1 saturated carbocycles. The number of rotatable bonds is 6. The minimum Gasteiger partial charge on any atom is -0.354 e. The van der Waals surface area contributed by atoms with Gasteiger partial charge >= 0.3 is 0 Å². The van der Waals surface area contributed by atoms with Crippen molar-refractivity contribution in [3.05, 3.63) is 0 Å². The molecule has 3 aliphatic rings. The predicted molar refractivity (Wildman–Crippen MR) is 93.8 cm³/mol. The van der Waals surface area contributed by atoms with Gasteiger partial charge < -0.3 is 15.1 Å². The fourth-order valence-electron chi connectivity index (χ4n) is 4.75. The summed E-state index contributed by atoms with van der Waals surface area (Å²) in [6.07, 6.45) is 12.3. The number of nitrogens with zero attached hydrogens (tertiary/aromatic N) is 1. The van der Waals surface area contributed by atoms with Gasteiger partial charge in [-0.25, -0.2) is 0 Å². The molecule has 1 atom stereocenters. The minimum absolute atomic E-state index is 0.0821. The lowest BCUT2D eigenvalue weighted by Crippen LogP contribution is -3.11. The Morgan fingerprint density at radius 1 is 1.04 bits per heavy atom. The Morgan fingerprint density at radius 2 is 1.75 bits per heavy atom. The second-order valence-corrected chi connectivity index (χ2v) is 7.85. The van der Waals surface area contributed by atoms with Gasteiger partial charge in [0.2, 0.25) is 11.8 Å². The van der Waals surface area contributed by atoms with E-state index in [2.05, 4.69) is 5.32 Å². The average molecular weight is 337 g/mol. The highest BCUT2D eigenvalue weighted by molar-refractivity contribution is 5.91. The zero-order chi connectivity index (χ0) is 16.8. The lowest BCUT2D eigenvalue weighted by atomic mass is 10.1. The molecule has 0 aromatic heterocycles. The SMILES string of the molecule is O=C(NCCC[NH+]1CCCCCC1)C1CCC(=O)N1C1CCCC1. The average Bonchev–Trinajstić information content (AvgIpc) is 3.15. The summed E-state index contributed by atoms with van der Waals surface area (Å²) in [6, 6.07) is 0.114. The predicted octanol–water partition coefficient (Wildman–Crippen LogP) is 0.885. The minimum atomic E-state index is -0.203. The molecule has 2 aliphatic heterocycles. The zero-order valence-electron chi connectivity index (χ0n) is 15.0. The van der Waals surface area contributed by atoms with Crippen LogP contribution >= 0.6 is 0 Å². The maximum Gasteiger partial charge on any atom is 0.242 e. The molecule has 1 unspecified atom stereocenters. The third kappa shape index (κ3) is 4.50. The number of quaternary nitrogens is 1. The van der Waals surface area contributed by atoms with Crippen molar-refractivity contribution in [2.45, 2.75) is 82.7 Å². The van der Waals surface area contributed by atoms with Crippen LogP contribution in [-0.4, -0.2) is 55.0 Å². The van der Waals surface area contributed by atoms with E-state index in [-0.39, 0.29) is 17.9 Å². The first kappa shape index (κ1) is 17.7. The van der Waals surface area contributed by atoms with Gasteiger partial charge in [0.25, 0.3) is 0 Å². The second kappa shape index (κ2) is 8.84. The summed E-state index contributed by atoms with van der Waals surface area (Å²) in [5.41, 5.74) is 0. The van der Waals surface area contributed by atoms with E-state index in [0.29, 0.717) is 18.9 Å². The molecule has 2 heterocycles. The summed E-state index contributed by atoms with van der Waals surface area (Å²) in [7, 11) is 0. The van der Waals surface area contributed by atoms with E-state index in [9.17, 15) is 9.59 Å². The van der Waals surface area contributed by atoms with Gasteiger partial charge in [0, 0.05) is 25.4 Å². The van der Waals surface area contributed by atoms with Crippen molar-refractivity contribution in [3.63, 3.8) is 0 Å². The summed E-state index contributed by atoms with van der Waals surface area (Å²) in [5, 5.41) is 3.11. The number of carbonyl (C=O) groups excluding carboxylic acids is 2. The van der Waals surface area contributed by atoms with Gasteiger partial charge in [0.15, 0.2) is 0 Å². The largest absolute Gasteiger partial charge is 0.354 e. The van der Waals surface area contributed by atoms with Crippen LogP contribution in [0, 0.1) is 0 Å². The molecule has 136 valence electrons. The van der Waals surface area contributed by atoms with E-state index in [1.165, 1.54) is 51.6 Å². The monoisotopic (exact) mass is 336 g/mol. The summed E-state index contributed by atoms with van der Waals surface area (Å²) in [5.74, 6) is 0.273. The third-order valence-corrected chi connectivity index (χ3v) is 6.09. The molecule has 5 nitrogen and oxygen atoms in total. The van der Waals surface area contributed by atoms with Gasteiger partial charge in [-0.2, -0.15) is 0 Å². The number of hydrogen-bond acceptors (Lipinski definition) is 2. The number of carbonyl (C=O) groups is 2. The zero-order valence-corrected chi connectivity index (χ0v) is 15.0. The van der Waals surface area contributed by atoms with E-state index >= 15 is 0 Å². The first-order valence-corrected chi connectivity index (χ1v) is 10.2. The third-order valence-electron chi connectivity index (χ3n) is 6.09. The molecule has 2 amide bonds. The van der Waals surface area contributed by atoms with E-state index < -0.39 is 0 Å². The molecule has 0 bridgehead atoms. The highest BCUT2D eigenvalue weighted by Crippen LogP contribution is 2.30. The normalized spacial score (nSPS) is 26.8. The van der Waals surface area contributed by atoms with Crippen LogP contribution in [0.25, 0.3) is 0 Å². The Hall–Kier alpha value is -1.10. The van der Waals surface area contributed by atoms with E-state index in [1.54, 1.807) is 4.90 Å². The number of amides is 2. The van der Waals surface area contributed by atoms with Crippen molar-refractivity contribution in [2.75, 3.05) is 26.2 Å².